The summed E-state index contributed by atoms with van der Waals surface area (Å²) < 4.78 is 4.75. The first kappa shape index (κ1) is 20.4. The lowest BCUT2D eigenvalue weighted by Crippen LogP contribution is -1.89. The highest BCUT2D eigenvalue weighted by molar-refractivity contribution is 9.10. The average molecular weight is 530 g/mol. The maximum Gasteiger partial charge on any atom is 0.139 e. The van der Waals surface area contributed by atoms with E-state index in [2.05, 4.69) is 30.9 Å². The monoisotopic (exact) mass is 527 g/mol. The summed E-state index contributed by atoms with van der Waals surface area (Å²) in [7, 11) is 0. The number of nitrogens with zero attached hydrogens (tertiary/aromatic N) is 5. The molecule has 0 saturated carbocycles. The van der Waals surface area contributed by atoms with Crippen molar-refractivity contribution in [2.45, 2.75) is 0 Å². The van der Waals surface area contributed by atoms with Crippen molar-refractivity contribution in [3.63, 3.8) is 0 Å². The van der Waals surface area contributed by atoms with Gasteiger partial charge in [-0.05, 0) is 40.2 Å². The zero-order valence-corrected chi connectivity index (χ0v) is 19.0. The Hall–Kier alpha value is -1.83. The molecule has 5 heterocycles. The van der Waals surface area contributed by atoms with E-state index in [0.717, 1.165) is 27.2 Å². The first-order chi connectivity index (χ1) is 13.9. The van der Waals surface area contributed by atoms with E-state index in [-0.39, 0.29) is 0 Å². The first-order valence-corrected chi connectivity index (χ1v) is 10.5. The first-order valence-electron chi connectivity index (χ1n) is 8.15. The molecule has 0 aliphatic carbocycles. The van der Waals surface area contributed by atoms with Crippen LogP contribution < -0.4 is 0 Å². The molecule has 0 unspecified atom stereocenters. The Morgan fingerprint density at radius 3 is 1.93 bits per heavy atom. The Balaban J connectivity index is 0.000000159. The van der Waals surface area contributed by atoms with Gasteiger partial charge in [0, 0.05) is 40.1 Å². The second-order valence-electron chi connectivity index (χ2n) is 5.87. The normalized spacial score (nSPS) is 10.9. The number of pyridine rings is 3. The van der Waals surface area contributed by atoms with Gasteiger partial charge in [0.15, 0.2) is 0 Å². The summed E-state index contributed by atoms with van der Waals surface area (Å²) in [6.07, 6.45) is 7.20. The predicted molar refractivity (Wildman–Crippen MR) is 121 cm³/mol. The maximum atomic E-state index is 5.92. The number of imidazole rings is 2. The minimum Gasteiger partial charge on any atom is -0.300 e. The van der Waals surface area contributed by atoms with Gasteiger partial charge < -0.3 is 0 Å². The SMILES string of the molecule is Clc1ccn2c(-c3cc(Cl)nc(Cl)c3)cnc2c1.Clc1ccn2c(Br)cnc2c1. The second-order valence-corrected chi connectivity index (χ2v) is 8.33. The van der Waals surface area contributed by atoms with E-state index in [1.165, 1.54) is 0 Å². The highest BCUT2D eigenvalue weighted by atomic mass is 79.9. The Labute approximate surface area is 194 Å². The van der Waals surface area contributed by atoms with Crippen LogP contribution in [0.5, 0.6) is 0 Å². The summed E-state index contributed by atoms with van der Waals surface area (Å²) in [6.45, 7) is 0. The van der Waals surface area contributed by atoms with E-state index in [1.807, 2.05) is 33.3 Å². The molecule has 5 aromatic heterocycles. The third kappa shape index (κ3) is 4.52. The summed E-state index contributed by atoms with van der Waals surface area (Å²) in [5.41, 5.74) is 3.36. The Morgan fingerprint density at radius 2 is 1.28 bits per heavy atom. The lowest BCUT2D eigenvalue weighted by molar-refractivity contribution is 1.15. The minimum atomic E-state index is 0.349. The van der Waals surface area contributed by atoms with E-state index in [0.29, 0.717) is 20.4 Å². The number of hydrogen-bond donors (Lipinski definition) is 0. The van der Waals surface area contributed by atoms with Crippen LogP contribution in [0.3, 0.4) is 0 Å². The molecule has 29 heavy (non-hydrogen) atoms. The predicted octanol–water partition coefficient (Wildman–Crippen LogP) is 7.11. The van der Waals surface area contributed by atoms with Crippen LogP contribution in [0.25, 0.3) is 22.6 Å². The molecule has 5 aromatic rings. The van der Waals surface area contributed by atoms with Gasteiger partial charge in [-0.1, -0.05) is 46.4 Å². The third-order valence-corrected chi connectivity index (χ3v) is 5.41. The van der Waals surface area contributed by atoms with E-state index < -0.39 is 0 Å². The largest absolute Gasteiger partial charge is 0.300 e. The van der Waals surface area contributed by atoms with Gasteiger partial charge in [0.2, 0.25) is 0 Å². The summed E-state index contributed by atoms with van der Waals surface area (Å²) >= 11 is 26.8. The van der Waals surface area contributed by atoms with Crippen LogP contribution in [0.15, 0.2) is 65.8 Å². The van der Waals surface area contributed by atoms with Crippen LogP contribution in [0.4, 0.5) is 0 Å². The fourth-order valence-corrected chi connectivity index (χ4v) is 3.88. The Morgan fingerprint density at radius 1 is 0.724 bits per heavy atom. The van der Waals surface area contributed by atoms with Crippen LogP contribution in [-0.4, -0.2) is 23.8 Å². The van der Waals surface area contributed by atoms with E-state index in [1.54, 1.807) is 36.7 Å². The van der Waals surface area contributed by atoms with Crippen molar-refractivity contribution >= 4 is 73.6 Å². The Bertz CT molecular complexity index is 1310. The molecule has 0 bridgehead atoms. The quantitative estimate of drug-likeness (QED) is 0.217. The van der Waals surface area contributed by atoms with Gasteiger partial charge in [-0.2, -0.15) is 0 Å². The molecule has 5 nitrogen and oxygen atoms in total. The fraction of sp³-hybridized carbons (Fsp3) is 0. The zero-order valence-electron chi connectivity index (χ0n) is 14.4. The molecule has 0 aliphatic heterocycles. The highest BCUT2D eigenvalue weighted by Crippen LogP contribution is 2.26. The number of hydrogen-bond acceptors (Lipinski definition) is 3. The van der Waals surface area contributed by atoms with Crippen LogP contribution >= 0.6 is 62.3 Å². The summed E-state index contributed by atoms with van der Waals surface area (Å²) in [4.78, 5) is 12.3. The minimum absolute atomic E-state index is 0.349. The van der Waals surface area contributed by atoms with Crippen molar-refractivity contribution in [3.05, 3.63) is 86.1 Å². The average Bonchev–Trinajstić information content (AvgIpc) is 3.24. The molecular formula is C19H10BrCl4N5. The van der Waals surface area contributed by atoms with Crippen molar-refractivity contribution in [2.24, 2.45) is 0 Å². The molecule has 0 radical (unpaired) electrons. The van der Waals surface area contributed by atoms with Crippen molar-refractivity contribution in [2.75, 3.05) is 0 Å². The van der Waals surface area contributed by atoms with Crippen molar-refractivity contribution in [3.8, 4) is 11.3 Å². The molecule has 0 aromatic carbocycles. The number of halogens is 5. The standard InChI is InChI=1S/C12H6Cl3N3.C7H4BrClN2/c13-8-1-2-18-9(6-16-12(18)5-8)7-3-10(14)17-11(15)4-7;8-6-4-10-7-3-5(9)1-2-11(6)7/h1-6H;1-4H. The smallest absolute Gasteiger partial charge is 0.139 e. The van der Waals surface area contributed by atoms with Gasteiger partial charge in [0.25, 0.3) is 0 Å². The molecule has 0 spiro atoms. The molecule has 0 fully saturated rings. The molecule has 0 aliphatic rings. The molecule has 0 N–H and O–H groups in total. The van der Waals surface area contributed by atoms with Crippen LogP contribution in [0.1, 0.15) is 0 Å². The molecule has 146 valence electrons. The lowest BCUT2D eigenvalue weighted by atomic mass is 10.2. The number of rotatable bonds is 1. The number of fused-ring (bicyclic) bond motifs is 2. The molecule has 0 atom stereocenters. The molecule has 0 amide bonds. The van der Waals surface area contributed by atoms with Crippen LogP contribution in [0.2, 0.25) is 20.4 Å². The van der Waals surface area contributed by atoms with Gasteiger partial charge >= 0.3 is 0 Å². The van der Waals surface area contributed by atoms with E-state index in [4.69, 9.17) is 46.4 Å². The van der Waals surface area contributed by atoms with Crippen molar-refractivity contribution in [1.82, 2.24) is 23.8 Å². The topological polar surface area (TPSA) is 47.5 Å². The van der Waals surface area contributed by atoms with Crippen molar-refractivity contribution in [1.29, 1.82) is 0 Å². The molecule has 10 heteroatoms. The lowest BCUT2D eigenvalue weighted by Gasteiger charge is -2.03. The highest BCUT2D eigenvalue weighted by Gasteiger charge is 2.08. The van der Waals surface area contributed by atoms with E-state index >= 15 is 0 Å². The fourth-order valence-electron chi connectivity index (χ4n) is 2.71. The number of aromatic nitrogens is 5. The summed E-state index contributed by atoms with van der Waals surface area (Å²) in [6, 6.07) is 10.7. The summed E-state index contributed by atoms with van der Waals surface area (Å²) in [5, 5.41) is 2.05. The van der Waals surface area contributed by atoms with Crippen molar-refractivity contribution < 1.29 is 0 Å². The third-order valence-electron chi connectivity index (χ3n) is 3.96. The van der Waals surface area contributed by atoms with Gasteiger partial charge in [-0.25, -0.2) is 15.0 Å². The van der Waals surface area contributed by atoms with E-state index in [9.17, 15) is 0 Å². The molecule has 0 saturated heterocycles. The molecular weight excluding hydrogens is 520 g/mol. The zero-order chi connectivity index (χ0) is 20.5. The molecule has 5 rings (SSSR count). The van der Waals surface area contributed by atoms with Crippen LogP contribution in [0, 0.1) is 0 Å². The van der Waals surface area contributed by atoms with Crippen LogP contribution in [-0.2, 0) is 0 Å². The maximum absolute atomic E-state index is 5.92. The second kappa shape index (κ2) is 8.50. The Kier molecular flexibility index (Phi) is 5.99. The van der Waals surface area contributed by atoms with Gasteiger partial charge in [0.05, 0.1) is 18.1 Å². The summed E-state index contributed by atoms with van der Waals surface area (Å²) in [5.74, 6) is 0. The van der Waals surface area contributed by atoms with Gasteiger partial charge in [-0.15, -0.1) is 0 Å². The van der Waals surface area contributed by atoms with Gasteiger partial charge in [-0.3, -0.25) is 8.80 Å². The van der Waals surface area contributed by atoms with Gasteiger partial charge in [0.1, 0.15) is 26.2 Å².